The molecule has 1 amide bonds. The standard InChI is InChI=1S/C13H15Cl2NO3/c1-9(13(17)16-4-6-18-7-5-16)19-12-8-10(14)2-3-11(12)15/h2-3,8-9H,4-7H2,1H3. The molecule has 1 fully saturated rings. The summed E-state index contributed by atoms with van der Waals surface area (Å²) in [6, 6.07) is 4.92. The van der Waals surface area contributed by atoms with E-state index in [2.05, 4.69) is 0 Å². The lowest BCUT2D eigenvalue weighted by atomic mass is 10.3. The molecule has 0 spiro atoms. The number of amides is 1. The van der Waals surface area contributed by atoms with Gasteiger partial charge in [0.15, 0.2) is 6.10 Å². The maximum atomic E-state index is 12.2. The van der Waals surface area contributed by atoms with Crippen molar-refractivity contribution in [1.82, 2.24) is 4.90 Å². The van der Waals surface area contributed by atoms with Gasteiger partial charge >= 0.3 is 0 Å². The van der Waals surface area contributed by atoms with Gasteiger partial charge < -0.3 is 14.4 Å². The Labute approximate surface area is 122 Å². The van der Waals surface area contributed by atoms with Crippen LogP contribution in [0.3, 0.4) is 0 Å². The van der Waals surface area contributed by atoms with Crippen molar-refractivity contribution in [3.05, 3.63) is 28.2 Å². The Morgan fingerprint density at radius 2 is 2.05 bits per heavy atom. The van der Waals surface area contributed by atoms with Crippen molar-refractivity contribution in [3.8, 4) is 5.75 Å². The molecule has 1 aromatic rings. The van der Waals surface area contributed by atoms with Crippen LogP contribution in [-0.2, 0) is 9.53 Å². The summed E-state index contributed by atoms with van der Waals surface area (Å²) in [5, 5.41) is 0.955. The van der Waals surface area contributed by atoms with Crippen molar-refractivity contribution in [2.24, 2.45) is 0 Å². The summed E-state index contributed by atoms with van der Waals surface area (Å²) in [6.07, 6.45) is -0.603. The molecule has 1 aliphatic rings. The number of hydrogen-bond donors (Lipinski definition) is 0. The van der Waals surface area contributed by atoms with E-state index < -0.39 is 6.10 Å². The van der Waals surface area contributed by atoms with E-state index in [-0.39, 0.29) is 5.91 Å². The highest BCUT2D eigenvalue weighted by Crippen LogP contribution is 2.28. The van der Waals surface area contributed by atoms with E-state index in [0.717, 1.165) is 0 Å². The first-order valence-electron chi connectivity index (χ1n) is 6.06. The Kier molecular flexibility index (Phi) is 4.91. The molecule has 104 valence electrons. The first kappa shape index (κ1) is 14.4. The summed E-state index contributed by atoms with van der Waals surface area (Å²) in [7, 11) is 0. The lowest BCUT2D eigenvalue weighted by molar-refractivity contribution is -0.142. The second kappa shape index (κ2) is 6.46. The molecule has 0 saturated carbocycles. The SMILES string of the molecule is CC(Oc1cc(Cl)ccc1Cl)C(=O)N1CCOCC1. The highest BCUT2D eigenvalue weighted by atomic mass is 35.5. The van der Waals surface area contributed by atoms with E-state index in [0.29, 0.717) is 42.1 Å². The Morgan fingerprint density at radius 1 is 1.37 bits per heavy atom. The van der Waals surface area contributed by atoms with Gasteiger partial charge in [-0.1, -0.05) is 23.2 Å². The van der Waals surface area contributed by atoms with Gasteiger partial charge in [-0.2, -0.15) is 0 Å². The van der Waals surface area contributed by atoms with Gasteiger partial charge in [-0.25, -0.2) is 0 Å². The third-order valence-corrected chi connectivity index (χ3v) is 3.41. The Hall–Kier alpha value is -0.970. The number of carbonyl (C=O) groups is 1. The van der Waals surface area contributed by atoms with Gasteiger partial charge in [0.05, 0.1) is 18.2 Å². The second-order valence-corrected chi connectivity index (χ2v) is 5.12. The van der Waals surface area contributed by atoms with Gasteiger partial charge in [-0.15, -0.1) is 0 Å². The van der Waals surface area contributed by atoms with E-state index in [1.807, 2.05) is 0 Å². The fourth-order valence-corrected chi connectivity index (χ4v) is 2.17. The molecule has 2 rings (SSSR count). The highest BCUT2D eigenvalue weighted by Gasteiger charge is 2.24. The van der Waals surface area contributed by atoms with Crippen molar-refractivity contribution in [1.29, 1.82) is 0 Å². The van der Waals surface area contributed by atoms with Crippen LogP contribution in [0.5, 0.6) is 5.75 Å². The summed E-state index contributed by atoms with van der Waals surface area (Å²) in [4.78, 5) is 13.9. The molecule has 1 atom stereocenters. The van der Waals surface area contributed by atoms with Gasteiger partial charge in [0.25, 0.3) is 5.91 Å². The van der Waals surface area contributed by atoms with Gasteiger partial charge in [-0.3, -0.25) is 4.79 Å². The van der Waals surface area contributed by atoms with Gasteiger partial charge in [0.2, 0.25) is 0 Å². The number of morpholine rings is 1. The molecule has 0 N–H and O–H groups in total. The molecule has 0 aromatic heterocycles. The third-order valence-electron chi connectivity index (χ3n) is 2.87. The summed E-state index contributed by atoms with van der Waals surface area (Å²) in [5.74, 6) is 0.350. The topological polar surface area (TPSA) is 38.8 Å². The number of nitrogens with zero attached hydrogens (tertiary/aromatic N) is 1. The average Bonchev–Trinajstić information content (AvgIpc) is 2.43. The van der Waals surface area contributed by atoms with Crippen LogP contribution in [0, 0.1) is 0 Å². The maximum Gasteiger partial charge on any atom is 0.263 e. The molecule has 6 heteroatoms. The van der Waals surface area contributed by atoms with E-state index >= 15 is 0 Å². The summed E-state index contributed by atoms with van der Waals surface area (Å²) in [5.41, 5.74) is 0. The predicted molar refractivity (Wildman–Crippen MR) is 74.0 cm³/mol. The van der Waals surface area contributed by atoms with E-state index in [1.54, 1.807) is 30.0 Å². The number of halogens is 2. The Morgan fingerprint density at radius 3 is 2.74 bits per heavy atom. The average molecular weight is 304 g/mol. The normalized spacial score (nSPS) is 17.1. The molecule has 1 heterocycles. The molecule has 1 saturated heterocycles. The van der Waals surface area contributed by atoms with Crippen LogP contribution in [0.15, 0.2) is 18.2 Å². The van der Waals surface area contributed by atoms with Crippen LogP contribution in [0.25, 0.3) is 0 Å². The van der Waals surface area contributed by atoms with Crippen molar-refractivity contribution in [3.63, 3.8) is 0 Å². The molecular formula is C13H15Cl2NO3. The minimum absolute atomic E-state index is 0.0701. The first-order valence-corrected chi connectivity index (χ1v) is 6.82. The largest absolute Gasteiger partial charge is 0.479 e. The van der Waals surface area contributed by atoms with Crippen LogP contribution in [0.2, 0.25) is 10.0 Å². The Balaban J connectivity index is 2.01. The first-order chi connectivity index (χ1) is 9.08. The predicted octanol–water partition coefficient (Wildman–Crippen LogP) is 2.62. The molecule has 0 aliphatic carbocycles. The maximum absolute atomic E-state index is 12.2. The quantitative estimate of drug-likeness (QED) is 0.861. The molecule has 0 radical (unpaired) electrons. The van der Waals surface area contributed by atoms with E-state index in [9.17, 15) is 4.79 Å². The monoisotopic (exact) mass is 303 g/mol. The number of rotatable bonds is 3. The minimum atomic E-state index is -0.603. The Bertz CT molecular complexity index is 461. The zero-order chi connectivity index (χ0) is 13.8. The molecule has 0 bridgehead atoms. The fourth-order valence-electron chi connectivity index (χ4n) is 1.85. The van der Waals surface area contributed by atoms with Crippen molar-refractivity contribution in [2.75, 3.05) is 26.3 Å². The van der Waals surface area contributed by atoms with E-state index in [1.165, 1.54) is 0 Å². The van der Waals surface area contributed by atoms with Gasteiger partial charge in [0, 0.05) is 24.2 Å². The lowest BCUT2D eigenvalue weighted by Gasteiger charge is -2.29. The fraction of sp³-hybridized carbons (Fsp3) is 0.462. The molecule has 1 aliphatic heterocycles. The summed E-state index contributed by atoms with van der Waals surface area (Å²) < 4.78 is 10.8. The highest BCUT2D eigenvalue weighted by molar-refractivity contribution is 6.34. The molecule has 1 unspecified atom stereocenters. The molecular weight excluding hydrogens is 289 g/mol. The lowest BCUT2D eigenvalue weighted by Crippen LogP contribution is -2.46. The van der Waals surface area contributed by atoms with Crippen molar-refractivity contribution < 1.29 is 14.3 Å². The number of hydrogen-bond acceptors (Lipinski definition) is 3. The van der Waals surface area contributed by atoms with Crippen LogP contribution >= 0.6 is 23.2 Å². The van der Waals surface area contributed by atoms with Crippen LogP contribution < -0.4 is 4.74 Å². The van der Waals surface area contributed by atoms with Crippen LogP contribution in [-0.4, -0.2) is 43.2 Å². The van der Waals surface area contributed by atoms with Crippen molar-refractivity contribution in [2.45, 2.75) is 13.0 Å². The summed E-state index contributed by atoms with van der Waals surface area (Å²) in [6.45, 7) is 4.02. The van der Waals surface area contributed by atoms with Crippen LogP contribution in [0.4, 0.5) is 0 Å². The minimum Gasteiger partial charge on any atom is -0.479 e. The van der Waals surface area contributed by atoms with Crippen LogP contribution in [0.1, 0.15) is 6.92 Å². The third kappa shape index (κ3) is 3.75. The summed E-state index contributed by atoms with van der Waals surface area (Å²) >= 11 is 11.9. The number of benzene rings is 1. The number of ether oxygens (including phenoxy) is 2. The number of carbonyl (C=O) groups excluding carboxylic acids is 1. The second-order valence-electron chi connectivity index (χ2n) is 4.27. The zero-order valence-electron chi connectivity index (χ0n) is 10.6. The molecule has 19 heavy (non-hydrogen) atoms. The van der Waals surface area contributed by atoms with Crippen molar-refractivity contribution >= 4 is 29.1 Å². The molecule has 1 aromatic carbocycles. The molecule has 4 nitrogen and oxygen atoms in total. The van der Waals surface area contributed by atoms with Gasteiger partial charge in [-0.05, 0) is 19.1 Å². The van der Waals surface area contributed by atoms with E-state index in [4.69, 9.17) is 32.7 Å². The zero-order valence-corrected chi connectivity index (χ0v) is 12.1. The van der Waals surface area contributed by atoms with Gasteiger partial charge in [0.1, 0.15) is 5.75 Å². The smallest absolute Gasteiger partial charge is 0.263 e.